The smallest absolute Gasteiger partial charge is 0.0590 e. The molecule has 6 aromatic rings. The van der Waals surface area contributed by atoms with E-state index < -0.39 is 0 Å². The van der Waals surface area contributed by atoms with Crippen molar-refractivity contribution in [2.24, 2.45) is 7.05 Å². The summed E-state index contributed by atoms with van der Waals surface area (Å²) in [5.41, 5.74) is 6.13. The third kappa shape index (κ3) is 1.83. The Morgan fingerprint density at radius 1 is 0.630 bits per heavy atom. The fraction of sp³-hybridized carbons (Fsp3) is 0.0417. The Hall–Kier alpha value is -3.59. The van der Waals surface area contributed by atoms with Gasteiger partial charge in [-0.1, -0.05) is 42.5 Å². The zero-order valence-corrected chi connectivity index (χ0v) is 14.9. The molecule has 0 radical (unpaired) electrons. The van der Waals surface area contributed by atoms with E-state index >= 15 is 0 Å². The summed E-state index contributed by atoms with van der Waals surface area (Å²) in [6.45, 7) is 0. The molecule has 6 rings (SSSR count). The average molecular weight is 347 g/mol. The highest BCUT2D eigenvalue weighted by Gasteiger charge is 2.18. The van der Waals surface area contributed by atoms with Gasteiger partial charge in [0.05, 0.1) is 16.6 Å². The van der Waals surface area contributed by atoms with Crippen molar-refractivity contribution in [1.82, 2.24) is 14.1 Å². The van der Waals surface area contributed by atoms with E-state index in [0.29, 0.717) is 0 Å². The van der Waals surface area contributed by atoms with Gasteiger partial charge >= 0.3 is 0 Å². The topological polar surface area (TPSA) is 22.8 Å². The van der Waals surface area contributed by atoms with Gasteiger partial charge in [0.25, 0.3) is 0 Å². The molecule has 0 spiro atoms. The summed E-state index contributed by atoms with van der Waals surface area (Å²) in [6.07, 6.45) is 3.70. The SMILES string of the molecule is Cn1c2ccccc2c2ccc3c(c4ccccc4n3-c3ccncc3)c21. The Kier molecular flexibility index (Phi) is 2.81. The van der Waals surface area contributed by atoms with Gasteiger partial charge in [-0.25, -0.2) is 0 Å². The van der Waals surface area contributed by atoms with Crippen LogP contribution in [0.5, 0.6) is 0 Å². The van der Waals surface area contributed by atoms with Crippen molar-refractivity contribution in [1.29, 1.82) is 0 Å². The zero-order chi connectivity index (χ0) is 18.0. The van der Waals surface area contributed by atoms with E-state index in [1.165, 1.54) is 43.6 Å². The maximum atomic E-state index is 4.19. The summed E-state index contributed by atoms with van der Waals surface area (Å²) in [6, 6.07) is 25.9. The number of aromatic nitrogens is 3. The molecule has 3 heterocycles. The number of rotatable bonds is 1. The summed E-state index contributed by atoms with van der Waals surface area (Å²) in [5, 5.41) is 5.19. The van der Waals surface area contributed by atoms with Crippen LogP contribution in [0.25, 0.3) is 49.3 Å². The van der Waals surface area contributed by atoms with Crippen molar-refractivity contribution < 1.29 is 0 Å². The zero-order valence-electron chi connectivity index (χ0n) is 14.9. The molecule has 0 fully saturated rings. The average Bonchev–Trinajstić information content (AvgIpc) is 3.22. The molecule has 0 aliphatic rings. The normalized spacial score (nSPS) is 11.9. The van der Waals surface area contributed by atoms with Crippen LogP contribution in [0.3, 0.4) is 0 Å². The van der Waals surface area contributed by atoms with Gasteiger partial charge in [-0.05, 0) is 30.3 Å². The van der Waals surface area contributed by atoms with E-state index in [9.17, 15) is 0 Å². The summed E-state index contributed by atoms with van der Waals surface area (Å²) in [5.74, 6) is 0. The van der Waals surface area contributed by atoms with E-state index in [0.717, 1.165) is 5.69 Å². The van der Waals surface area contributed by atoms with E-state index in [4.69, 9.17) is 0 Å². The largest absolute Gasteiger partial charge is 0.343 e. The lowest BCUT2D eigenvalue weighted by Crippen LogP contribution is -1.93. The van der Waals surface area contributed by atoms with Gasteiger partial charge in [0.2, 0.25) is 0 Å². The Morgan fingerprint density at radius 3 is 2.15 bits per heavy atom. The minimum absolute atomic E-state index is 1.13. The molecule has 128 valence electrons. The van der Waals surface area contributed by atoms with Crippen LogP contribution in [0.15, 0.2) is 85.2 Å². The van der Waals surface area contributed by atoms with E-state index in [1.807, 2.05) is 12.4 Å². The molecule has 0 unspecified atom stereocenters. The van der Waals surface area contributed by atoms with Gasteiger partial charge in [0.15, 0.2) is 0 Å². The van der Waals surface area contributed by atoms with Crippen molar-refractivity contribution in [2.45, 2.75) is 0 Å². The highest BCUT2D eigenvalue weighted by Crippen LogP contribution is 2.39. The summed E-state index contributed by atoms with van der Waals surface area (Å²) < 4.78 is 4.67. The molecule has 3 aromatic carbocycles. The molecule has 0 N–H and O–H groups in total. The van der Waals surface area contributed by atoms with Gasteiger partial charge in [-0.15, -0.1) is 0 Å². The molecule has 0 atom stereocenters. The Morgan fingerprint density at radius 2 is 1.33 bits per heavy atom. The minimum Gasteiger partial charge on any atom is -0.343 e. The second-order valence-electron chi connectivity index (χ2n) is 6.99. The van der Waals surface area contributed by atoms with Gasteiger partial charge in [0.1, 0.15) is 0 Å². The summed E-state index contributed by atoms with van der Waals surface area (Å²) >= 11 is 0. The first-order chi connectivity index (χ1) is 13.3. The third-order valence-electron chi connectivity index (χ3n) is 5.62. The van der Waals surface area contributed by atoms with Crippen LogP contribution < -0.4 is 0 Å². The standard InChI is InChI=1S/C24H17N3/c1-26-20-8-4-2-6-17(20)18-10-11-22-23(24(18)26)19-7-3-5-9-21(19)27(22)16-12-14-25-15-13-16/h2-15H,1H3. The molecule has 0 aliphatic carbocycles. The highest BCUT2D eigenvalue weighted by molar-refractivity contribution is 6.25. The summed E-state index contributed by atoms with van der Waals surface area (Å²) in [4.78, 5) is 4.19. The van der Waals surface area contributed by atoms with Crippen LogP contribution in [-0.2, 0) is 7.05 Å². The third-order valence-corrected chi connectivity index (χ3v) is 5.62. The molecule has 0 saturated heterocycles. The lowest BCUT2D eigenvalue weighted by atomic mass is 10.1. The number of fused-ring (bicyclic) bond motifs is 7. The van der Waals surface area contributed by atoms with Crippen LogP contribution in [0.1, 0.15) is 0 Å². The molecule has 3 heteroatoms. The molecule has 0 aliphatic heterocycles. The highest BCUT2D eigenvalue weighted by atomic mass is 15.0. The van der Waals surface area contributed by atoms with Gasteiger partial charge < -0.3 is 9.13 Å². The number of pyridine rings is 1. The van der Waals surface area contributed by atoms with Crippen LogP contribution >= 0.6 is 0 Å². The minimum atomic E-state index is 1.13. The van der Waals surface area contributed by atoms with Crippen molar-refractivity contribution in [2.75, 3.05) is 0 Å². The Labute approximate surface area is 156 Å². The lowest BCUT2D eigenvalue weighted by molar-refractivity contribution is 1.02. The number of nitrogens with zero attached hydrogens (tertiary/aromatic N) is 3. The molecule has 0 amide bonds. The monoisotopic (exact) mass is 347 g/mol. The van der Waals surface area contributed by atoms with Crippen LogP contribution in [0, 0.1) is 0 Å². The van der Waals surface area contributed by atoms with Crippen LogP contribution in [0.4, 0.5) is 0 Å². The first kappa shape index (κ1) is 14.6. The Bertz CT molecular complexity index is 1470. The maximum Gasteiger partial charge on any atom is 0.0590 e. The second kappa shape index (κ2) is 5.21. The number of hydrogen-bond acceptors (Lipinski definition) is 1. The summed E-state index contributed by atoms with van der Waals surface area (Å²) in [7, 11) is 2.17. The van der Waals surface area contributed by atoms with Gasteiger partial charge in [-0.3, -0.25) is 4.98 Å². The quantitative estimate of drug-likeness (QED) is 0.367. The molecule has 3 nitrogen and oxygen atoms in total. The second-order valence-corrected chi connectivity index (χ2v) is 6.99. The van der Waals surface area contributed by atoms with E-state index in [-0.39, 0.29) is 0 Å². The molecule has 27 heavy (non-hydrogen) atoms. The van der Waals surface area contributed by atoms with Crippen LogP contribution in [-0.4, -0.2) is 14.1 Å². The predicted octanol–water partition coefficient (Wildman–Crippen LogP) is 5.82. The predicted molar refractivity (Wildman–Crippen MR) is 113 cm³/mol. The van der Waals surface area contributed by atoms with Gasteiger partial charge in [0, 0.05) is 52.2 Å². The molecular formula is C24H17N3. The Balaban J connectivity index is 1.92. The lowest BCUT2D eigenvalue weighted by Gasteiger charge is -2.07. The van der Waals surface area contributed by atoms with E-state index in [2.05, 4.69) is 94.0 Å². The van der Waals surface area contributed by atoms with Gasteiger partial charge in [-0.2, -0.15) is 0 Å². The first-order valence-electron chi connectivity index (χ1n) is 9.14. The van der Waals surface area contributed by atoms with E-state index in [1.54, 1.807) is 0 Å². The van der Waals surface area contributed by atoms with Crippen molar-refractivity contribution >= 4 is 43.6 Å². The number of benzene rings is 3. The molecule has 0 saturated carbocycles. The number of hydrogen-bond donors (Lipinski definition) is 0. The molecule has 0 bridgehead atoms. The fourth-order valence-corrected chi connectivity index (χ4v) is 4.49. The number of aryl methyl sites for hydroxylation is 1. The number of para-hydroxylation sites is 2. The molecular weight excluding hydrogens is 330 g/mol. The first-order valence-corrected chi connectivity index (χ1v) is 9.14. The van der Waals surface area contributed by atoms with Crippen molar-refractivity contribution in [3.63, 3.8) is 0 Å². The maximum absolute atomic E-state index is 4.19. The van der Waals surface area contributed by atoms with Crippen LogP contribution in [0.2, 0.25) is 0 Å². The van der Waals surface area contributed by atoms with Crippen molar-refractivity contribution in [3.8, 4) is 5.69 Å². The van der Waals surface area contributed by atoms with Crippen molar-refractivity contribution in [3.05, 3.63) is 85.2 Å². The fourth-order valence-electron chi connectivity index (χ4n) is 4.49. The molecule has 3 aromatic heterocycles.